The van der Waals surface area contributed by atoms with Crippen LogP contribution in [0.15, 0.2) is 46.5 Å². The van der Waals surface area contributed by atoms with Crippen LogP contribution in [0.5, 0.6) is 0 Å². The van der Waals surface area contributed by atoms with Crippen molar-refractivity contribution in [2.24, 2.45) is 7.05 Å². The maximum Gasteiger partial charge on any atom is 0.273 e. The number of carbonyl (C=O) groups excluding carboxylic acids is 1. The van der Waals surface area contributed by atoms with Crippen LogP contribution in [0.1, 0.15) is 48.9 Å². The van der Waals surface area contributed by atoms with E-state index < -0.39 is 0 Å². The van der Waals surface area contributed by atoms with Crippen molar-refractivity contribution in [2.45, 2.75) is 43.7 Å². The maximum absolute atomic E-state index is 12.0. The molecule has 1 aromatic carbocycles. The third kappa shape index (κ3) is 7.04. The Labute approximate surface area is 157 Å². The Bertz CT molecular complexity index is 744. The zero-order valence-corrected chi connectivity index (χ0v) is 16.0. The molecule has 0 aliphatic rings. The van der Waals surface area contributed by atoms with Gasteiger partial charge in [-0.05, 0) is 37.1 Å². The first-order chi connectivity index (χ1) is 12.1. The summed E-state index contributed by atoms with van der Waals surface area (Å²) in [5.74, 6) is 1.14. The van der Waals surface area contributed by atoms with Crippen LogP contribution in [0.25, 0.3) is 0 Å². The van der Waals surface area contributed by atoms with Crippen molar-refractivity contribution in [2.75, 3.05) is 5.75 Å². The molecule has 0 amide bonds. The summed E-state index contributed by atoms with van der Waals surface area (Å²) < 4.78 is 1.87. The maximum atomic E-state index is 12.0. The van der Waals surface area contributed by atoms with Gasteiger partial charge >= 0.3 is 0 Å². The highest BCUT2D eigenvalue weighted by atomic mass is 35.5. The van der Waals surface area contributed by atoms with E-state index in [-0.39, 0.29) is 11.3 Å². The molecule has 0 saturated heterocycles. The topological polar surface area (TPSA) is 52.0 Å². The molecule has 6 heteroatoms. The van der Waals surface area contributed by atoms with Crippen LogP contribution in [0.2, 0.25) is 5.02 Å². The summed E-state index contributed by atoms with van der Waals surface area (Å²) in [7, 11) is 1.90. The summed E-state index contributed by atoms with van der Waals surface area (Å²) in [5, 5.41) is 1.42. The predicted octanol–water partition coefficient (Wildman–Crippen LogP) is 4.75. The van der Waals surface area contributed by atoms with E-state index in [1.807, 2.05) is 11.6 Å². The van der Waals surface area contributed by atoms with Crippen molar-refractivity contribution in [3.63, 3.8) is 0 Å². The normalized spacial score (nSPS) is 10.8. The van der Waals surface area contributed by atoms with E-state index in [2.05, 4.69) is 4.98 Å². The van der Waals surface area contributed by atoms with Crippen molar-refractivity contribution >= 4 is 29.1 Å². The molecule has 1 heterocycles. The van der Waals surface area contributed by atoms with Crippen LogP contribution < -0.4 is 5.56 Å². The molecule has 0 saturated carbocycles. The van der Waals surface area contributed by atoms with Gasteiger partial charge in [0.2, 0.25) is 0 Å². The molecule has 0 spiro atoms. The van der Waals surface area contributed by atoms with Crippen LogP contribution in [0.4, 0.5) is 0 Å². The largest absolute Gasteiger partial charge is 0.330 e. The van der Waals surface area contributed by atoms with E-state index in [0.29, 0.717) is 11.4 Å². The fourth-order valence-electron chi connectivity index (χ4n) is 2.45. The number of halogens is 1. The summed E-state index contributed by atoms with van der Waals surface area (Å²) >= 11 is 7.44. The van der Waals surface area contributed by atoms with Gasteiger partial charge in [-0.2, -0.15) is 4.98 Å². The molecule has 25 heavy (non-hydrogen) atoms. The van der Waals surface area contributed by atoms with Crippen LogP contribution in [-0.4, -0.2) is 21.1 Å². The third-order valence-corrected chi connectivity index (χ3v) is 5.28. The fourth-order valence-corrected chi connectivity index (χ4v) is 3.52. The number of nitrogens with zero attached hydrogens (tertiary/aromatic N) is 2. The molecule has 134 valence electrons. The first-order valence-corrected chi connectivity index (χ1v) is 9.88. The number of Topliss-reactive ketones (excluding diaryl/α,β-unsaturated/α-hetero) is 1. The molecule has 2 rings (SSSR count). The molecule has 0 unspecified atom stereocenters. The predicted molar refractivity (Wildman–Crippen MR) is 104 cm³/mol. The van der Waals surface area contributed by atoms with E-state index in [4.69, 9.17) is 11.6 Å². The number of hydrogen-bond donors (Lipinski definition) is 0. The Morgan fingerprint density at radius 3 is 2.52 bits per heavy atom. The summed E-state index contributed by atoms with van der Waals surface area (Å²) in [5.41, 5.74) is 0.549. The van der Waals surface area contributed by atoms with Crippen LogP contribution in [-0.2, 0) is 7.05 Å². The molecule has 0 N–H and O–H groups in total. The second kappa shape index (κ2) is 10.4. The zero-order valence-electron chi connectivity index (χ0n) is 14.4. The van der Waals surface area contributed by atoms with E-state index >= 15 is 0 Å². The number of aromatic nitrogens is 2. The van der Waals surface area contributed by atoms with Crippen molar-refractivity contribution in [1.29, 1.82) is 0 Å². The Balaban J connectivity index is 1.55. The van der Waals surface area contributed by atoms with E-state index in [9.17, 15) is 9.59 Å². The standard InChI is InChI=1S/C19H23ClN2O2S/c1-22-13-12-18(24)21-19(22)25-14-6-4-2-3-5-7-17(23)15-8-10-16(20)11-9-15/h8-13H,2-7,14H2,1H3. The second-order valence-electron chi connectivity index (χ2n) is 5.96. The molecule has 0 atom stereocenters. The van der Waals surface area contributed by atoms with Gasteiger partial charge in [0.15, 0.2) is 10.9 Å². The number of carbonyl (C=O) groups is 1. The van der Waals surface area contributed by atoms with Gasteiger partial charge in [-0.15, -0.1) is 0 Å². The molecular formula is C19H23ClN2O2S. The Hall–Kier alpha value is -1.59. The summed E-state index contributed by atoms with van der Waals surface area (Å²) in [6.45, 7) is 0. The highest BCUT2D eigenvalue weighted by Crippen LogP contribution is 2.17. The highest BCUT2D eigenvalue weighted by Gasteiger charge is 2.05. The summed E-state index contributed by atoms with van der Waals surface area (Å²) in [6, 6.07) is 8.54. The van der Waals surface area contributed by atoms with Gasteiger partial charge in [-0.1, -0.05) is 42.6 Å². The molecule has 0 bridgehead atoms. The molecule has 0 radical (unpaired) electrons. The minimum Gasteiger partial charge on any atom is -0.330 e. The van der Waals surface area contributed by atoms with Crippen molar-refractivity contribution in [3.8, 4) is 0 Å². The lowest BCUT2D eigenvalue weighted by Gasteiger charge is -2.06. The van der Waals surface area contributed by atoms with Crippen molar-refractivity contribution in [3.05, 3.63) is 57.5 Å². The van der Waals surface area contributed by atoms with Crippen LogP contribution in [0.3, 0.4) is 0 Å². The third-order valence-electron chi connectivity index (χ3n) is 3.89. The monoisotopic (exact) mass is 378 g/mol. The first-order valence-electron chi connectivity index (χ1n) is 8.51. The van der Waals surface area contributed by atoms with Crippen LogP contribution in [0, 0.1) is 0 Å². The molecule has 0 aliphatic carbocycles. The van der Waals surface area contributed by atoms with E-state index in [1.165, 1.54) is 6.07 Å². The van der Waals surface area contributed by atoms with Gasteiger partial charge in [-0.3, -0.25) is 9.59 Å². The van der Waals surface area contributed by atoms with Crippen molar-refractivity contribution < 1.29 is 4.79 Å². The smallest absolute Gasteiger partial charge is 0.273 e. The minimum absolute atomic E-state index is 0.184. The average Bonchev–Trinajstić information content (AvgIpc) is 2.60. The lowest BCUT2D eigenvalue weighted by atomic mass is 10.0. The number of rotatable bonds is 10. The van der Waals surface area contributed by atoms with Gasteiger partial charge in [0.25, 0.3) is 5.56 Å². The van der Waals surface area contributed by atoms with E-state index in [0.717, 1.165) is 48.6 Å². The second-order valence-corrected chi connectivity index (χ2v) is 7.45. The lowest BCUT2D eigenvalue weighted by Crippen LogP contribution is -2.10. The number of benzene rings is 1. The average molecular weight is 379 g/mol. The van der Waals surface area contributed by atoms with Gasteiger partial charge in [-0.25, -0.2) is 0 Å². The summed E-state index contributed by atoms with van der Waals surface area (Å²) in [6.07, 6.45) is 7.65. The lowest BCUT2D eigenvalue weighted by molar-refractivity contribution is 0.0979. The highest BCUT2D eigenvalue weighted by molar-refractivity contribution is 7.99. The quantitative estimate of drug-likeness (QED) is 0.259. The fraction of sp³-hybridized carbons (Fsp3) is 0.421. The Kier molecular flexibility index (Phi) is 8.22. The number of aryl methyl sites for hydroxylation is 1. The van der Waals surface area contributed by atoms with Crippen molar-refractivity contribution in [1.82, 2.24) is 9.55 Å². The summed E-state index contributed by atoms with van der Waals surface area (Å²) in [4.78, 5) is 27.3. The SMILES string of the molecule is Cn1ccc(=O)nc1SCCCCCCCC(=O)c1ccc(Cl)cc1. The van der Waals surface area contributed by atoms with Crippen LogP contribution >= 0.6 is 23.4 Å². The molecule has 0 aliphatic heterocycles. The van der Waals surface area contributed by atoms with Gasteiger partial charge in [0.05, 0.1) is 0 Å². The molecule has 1 aromatic heterocycles. The van der Waals surface area contributed by atoms with Gasteiger partial charge < -0.3 is 4.57 Å². The van der Waals surface area contributed by atoms with Gasteiger partial charge in [0, 0.05) is 42.1 Å². The number of unbranched alkanes of at least 4 members (excludes halogenated alkanes) is 4. The first kappa shape index (κ1) is 19.7. The van der Waals surface area contributed by atoms with E-state index in [1.54, 1.807) is 42.2 Å². The zero-order chi connectivity index (χ0) is 18.1. The molecular weight excluding hydrogens is 356 g/mol. The molecule has 0 fully saturated rings. The number of hydrogen-bond acceptors (Lipinski definition) is 4. The minimum atomic E-state index is -0.189. The Morgan fingerprint density at radius 2 is 1.76 bits per heavy atom. The van der Waals surface area contributed by atoms with Gasteiger partial charge in [0.1, 0.15) is 0 Å². The molecule has 4 nitrogen and oxygen atoms in total. The number of thioether (sulfide) groups is 1. The molecule has 2 aromatic rings. The Morgan fingerprint density at radius 1 is 1.08 bits per heavy atom. The number of ketones is 1.